The Kier molecular flexibility index (Phi) is 3.89. The number of aromatic nitrogens is 1. The smallest absolute Gasteiger partial charge is 0.259 e. The summed E-state index contributed by atoms with van der Waals surface area (Å²) in [7, 11) is 0. The molecule has 0 spiro atoms. The van der Waals surface area contributed by atoms with E-state index < -0.39 is 0 Å². The lowest BCUT2D eigenvalue weighted by Gasteiger charge is -2.07. The third kappa shape index (κ3) is 2.91. The van der Waals surface area contributed by atoms with E-state index >= 15 is 0 Å². The highest BCUT2D eigenvalue weighted by atomic mass is 35.5. The van der Waals surface area contributed by atoms with Crippen LogP contribution in [0.5, 0.6) is 0 Å². The quantitative estimate of drug-likeness (QED) is 0.658. The Morgan fingerprint density at radius 2 is 1.71 bits per heavy atom. The number of pyridine rings is 1. The molecule has 0 N–H and O–H groups in total. The lowest BCUT2D eigenvalue weighted by atomic mass is 10.2. The molecule has 0 aliphatic carbocycles. The normalized spacial score (nSPS) is 11.3. The van der Waals surface area contributed by atoms with Crippen molar-refractivity contribution in [3.8, 4) is 0 Å². The zero-order valence-corrected chi connectivity index (χ0v) is 12.1. The molecule has 3 heteroatoms. The van der Waals surface area contributed by atoms with Gasteiger partial charge in [0.05, 0.1) is 0 Å². The number of nitrogens with zero attached hydrogens (tertiary/aromatic N) is 1. The molecule has 1 heterocycles. The van der Waals surface area contributed by atoms with Crippen molar-refractivity contribution in [2.75, 3.05) is 0 Å². The average Bonchev–Trinajstić information content (AvgIpc) is 2.51. The van der Waals surface area contributed by atoms with Crippen molar-refractivity contribution < 1.29 is 0 Å². The van der Waals surface area contributed by atoms with Crippen LogP contribution in [-0.2, 0) is 6.54 Å². The largest absolute Gasteiger partial charge is 0.295 e. The van der Waals surface area contributed by atoms with Gasteiger partial charge in [0.15, 0.2) is 0 Å². The molecule has 0 saturated carbocycles. The van der Waals surface area contributed by atoms with Gasteiger partial charge in [-0.1, -0.05) is 72.3 Å². The van der Waals surface area contributed by atoms with Gasteiger partial charge in [0, 0.05) is 11.9 Å². The SMILES string of the molecule is O=c1c2ccccc2cc(Cl)n1CC=Cc1ccccc1. The van der Waals surface area contributed by atoms with Crippen LogP contribution in [0.4, 0.5) is 0 Å². The maximum Gasteiger partial charge on any atom is 0.259 e. The average molecular weight is 296 g/mol. The van der Waals surface area contributed by atoms with Crippen LogP contribution in [0.25, 0.3) is 16.8 Å². The minimum Gasteiger partial charge on any atom is -0.295 e. The predicted molar refractivity (Wildman–Crippen MR) is 88.7 cm³/mol. The fraction of sp³-hybridized carbons (Fsp3) is 0.0556. The van der Waals surface area contributed by atoms with E-state index in [0.717, 1.165) is 10.9 Å². The van der Waals surface area contributed by atoms with Gasteiger partial charge >= 0.3 is 0 Å². The first-order chi connectivity index (χ1) is 10.3. The Morgan fingerprint density at radius 1 is 1.00 bits per heavy atom. The van der Waals surface area contributed by atoms with Crippen LogP contribution >= 0.6 is 11.6 Å². The molecule has 0 aliphatic heterocycles. The van der Waals surface area contributed by atoms with E-state index in [1.165, 1.54) is 0 Å². The highest BCUT2D eigenvalue weighted by Gasteiger charge is 2.05. The highest BCUT2D eigenvalue weighted by Crippen LogP contribution is 2.15. The number of rotatable bonds is 3. The zero-order chi connectivity index (χ0) is 14.7. The Bertz CT molecular complexity index is 850. The van der Waals surface area contributed by atoms with Crippen LogP contribution in [-0.4, -0.2) is 4.57 Å². The molecule has 104 valence electrons. The Morgan fingerprint density at radius 3 is 2.52 bits per heavy atom. The van der Waals surface area contributed by atoms with Crippen molar-refractivity contribution in [1.29, 1.82) is 0 Å². The lowest BCUT2D eigenvalue weighted by molar-refractivity contribution is 0.792. The second-order valence-electron chi connectivity index (χ2n) is 4.78. The summed E-state index contributed by atoms with van der Waals surface area (Å²) < 4.78 is 1.57. The molecule has 0 atom stereocenters. The van der Waals surface area contributed by atoms with Crippen LogP contribution < -0.4 is 5.56 Å². The van der Waals surface area contributed by atoms with Gasteiger partial charge in [-0.2, -0.15) is 0 Å². The Balaban J connectivity index is 1.94. The van der Waals surface area contributed by atoms with Crippen LogP contribution in [0.1, 0.15) is 5.56 Å². The van der Waals surface area contributed by atoms with Crippen LogP contribution in [0.2, 0.25) is 5.15 Å². The minimum atomic E-state index is -0.0594. The minimum absolute atomic E-state index is 0.0594. The summed E-state index contributed by atoms with van der Waals surface area (Å²) in [6.07, 6.45) is 3.93. The van der Waals surface area contributed by atoms with E-state index in [9.17, 15) is 4.79 Å². The van der Waals surface area contributed by atoms with E-state index in [-0.39, 0.29) is 5.56 Å². The third-order valence-electron chi connectivity index (χ3n) is 3.37. The number of hydrogen-bond acceptors (Lipinski definition) is 1. The molecule has 0 aliphatic rings. The fourth-order valence-electron chi connectivity index (χ4n) is 2.29. The van der Waals surface area contributed by atoms with Crippen LogP contribution in [0.3, 0.4) is 0 Å². The van der Waals surface area contributed by atoms with Crippen molar-refractivity contribution in [2.45, 2.75) is 6.54 Å². The van der Waals surface area contributed by atoms with Gasteiger partial charge in [0.1, 0.15) is 5.15 Å². The van der Waals surface area contributed by atoms with Crippen LogP contribution in [0, 0.1) is 0 Å². The van der Waals surface area contributed by atoms with Crippen molar-refractivity contribution in [3.05, 3.63) is 87.8 Å². The predicted octanol–water partition coefficient (Wildman–Crippen LogP) is 4.37. The van der Waals surface area contributed by atoms with Gasteiger partial charge in [-0.25, -0.2) is 0 Å². The van der Waals surface area contributed by atoms with E-state index in [1.54, 1.807) is 4.57 Å². The maximum absolute atomic E-state index is 12.4. The molecular formula is C18H14ClNO. The van der Waals surface area contributed by atoms with E-state index in [4.69, 9.17) is 11.6 Å². The molecule has 1 aromatic heterocycles. The zero-order valence-electron chi connectivity index (χ0n) is 11.4. The standard InChI is InChI=1S/C18H14ClNO/c19-17-13-15-10-4-5-11-16(15)18(21)20(17)12-6-9-14-7-2-1-3-8-14/h1-11,13H,12H2. The maximum atomic E-state index is 12.4. The van der Waals surface area contributed by atoms with Crippen LogP contribution in [0.15, 0.2) is 71.5 Å². The van der Waals surface area contributed by atoms with E-state index in [0.29, 0.717) is 17.1 Å². The number of halogens is 1. The van der Waals surface area contributed by atoms with Gasteiger partial charge < -0.3 is 0 Å². The first kappa shape index (κ1) is 13.7. The Hall–Kier alpha value is -2.32. The summed E-state index contributed by atoms with van der Waals surface area (Å²) in [5.74, 6) is 0. The van der Waals surface area contributed by atoms with Crippen molar-refractivity contribution >= 4 is 28.4 Å². The fourth-order valence-corrected chi connectivity index (χ4v) is 2.56. The first-order valence-electron chi connectivity index (χ1n) is 6.75. The summed E-state index contributed by atoms with van der Waals surface area (Å²) in [4.78, 5) is 12.4. The summed E-state index contributed by atoms with van der Waals surface area (Å²) in [5, 5.41) is 2.02. The summed E-state index contributed by atoms with van der Waals surface area (Å²) >= 11 is 6.22. The van der Waals surface area contributed by atoms with E-state index in [2.05, 4.69) is 0 Å². The van der Waals surface area contributed by atoms with Gasteiger partial charge in [0.25, 0.3) is 5.56 Å². The highest BCUT2D eigenvalue weighted by molar-refractivity contribution is 6.30. The number of hydrogen-bond donors (Lipinski definition) is 0. The van der Waals surface area contributed by atoms with Gasteiger partial charge in [-0.05, 0) is 23.1 Å². The molecule has 3 rings (SSSR count). The molecule has 2 nitrogen and oxygen atoms in total. The number of benzene rings is 2. The van der Waals surface area contributed by atoms with Crippen molar-refractivity contribution in [1.82, 2.24) is 4.57 Å². The van der Waals surface area contributed by atoms with Gasteiger partial charge in [-0.15, -0.1) is 0 Å². The number of fused-ring (bicyclic) bond motifs is 1. The van der Waals surface area contributed by atoms with Gasteiger partial charge in [-0.3, -0.25) is 9.36 Å². The summed E-state index contributed by atoms with van der Waals surface area (Å²) in [6.45, 7) is 0.456. The molecule has 0 bridgehead atoms. The van der Waals surface area contributed by atoms with E-state index in [1.807, 2.05) is 72.8 Å². The first-order valence-corrected chi connectivity index (χ1v) is 7.13. The number of allylic oxidation sites excluding steroid dienone is 1. The summed E-state index contributed by atoms with van der Waals surface area (Å²) in [5.41, 5.74) is 1.04. The third-order valence-corrected chi connectivity index (χ3v) is 3.68. The Labute approximate surface area is 127 Å². The summed E-state index contributed by atoms with van der Waals surface area (Å²) in [6, 6.07) is 19.3. The molecular weight excluding hydrogens is 282 g/mol. The molecule has 2 aromatic carbocycles. The van der Waals surface area contributed by atoms with Crippen molar-refractivity contribution in [3.63, 3.8) is 0 Å². The second kappa shape index (κ2) is 5.98. The molecule has 3 aromatic rings. The topological polar surface area (TPSA) is 22.0 Å². The lowest BCUT2D eigenvalue weighted by Crippen LogP contribution is -2.20. The monoisotopic (exact) mass is 295 g/mol. The molecule has 0 fully saturated rings. The van der Waals surface area contributed by atoms with Crippen molar-refractivity contribution in [2.24, 2.45) is 0 Å². The molecule has 0 radical (unpaired) electrons. The molecule has 0 saturated heterocycles. The molecule has 0 unspecified atom stereocenters. The second-order valence-corrected chi connectivity index (χ2v) is 5.17. The molecule has 21 heavy (non-hydrogen) atoms. The van der Waals surface area contributed by atoms with Gasteiger partial charge in [0.2, 0.25) is 0 Å². The molecule has 0 amide bonds.